The number of benzene rings is 1. The number of para-hydroxylation sites is 1. The molecule has 0 atom stereocenters. The predicted molar refractivity (Wildman–Crippen MR) is 87.4 cm³/mol. The molecule has 0 aliphatic rings. The largest absolute Gasteiger partial charge is 0.295 e. The maximum atomic E-state index is 12.5. The summed E-state index contributed by atoms with van der Waals surface area (Å²) in [4.78, 5) is 21.1. The van der Waals surface area contributed by atoms with Crippen molar-refractivity contribution in [2.75, 3.05) is 0 Å². The molecule has 3 aromatic rings. The van der Waals surface area contributed by atoms with Crippen LogP contribution in [0.5, 0.6) is 0 Å². The average Bonchev–Trinajstić information content (AvgIpc) is 2.81. The number of nitrogens with zero attached hydrogens (tertiary/aromatic N) is 3. The van der Waals surface area contributed by atoms with Crippen molar-refractivity contribution in [1.29, 1.82) is 0 Å². The Morgan fingerprint density at radius 1 is 1.09 bits per heavy atom. The number of aliphatic imine (C=N–C) groups is 1. The standard InChI is InChI=1S/C17H16N4O/c1-12-7-6-10-16(19-12)18-11-15-13(2)20-21(17(15)22)14-8-4-3-5-9-14/h3-11,20H,1-2H3/b18-11+. The van der Waals surface area contributed by atoms with Gasteiger partial charge >= 0.3 is 0 Å². The molecular formula is C17H16N4O. The quantitative estimate of drug-likeness (QED) is 0.754. The van der Waals surface area contributed by atoms with Gasteiger partial charge in [0.1, 0.15) is 0 Å². The van der Waals surface area contributed by atoms with Crippen molar-refractivity contribution in [3.8, 4) is 5.69 Å². The number of rotatable bonds is 3. The lowest BCUT2D eigenvalue weighted by atomic mass is 10.3. The summed E-state index contributed by atoms with van der Waals surface area (Å²) < 4.78 is 1.51. The smallest absolute Gasteiger partial charge is 0.280 e. The van der Waals surface area contributed by atoms with Gasteiger partial charge in [0.25, 0.3) is 5.56 Å². The summed E-state index contributed by atoms with van der Waals surface area (Å²) in [6.07, 6.45) is 1.56. The van der Waals surface area contributed by atoms with Gasteiger partial charge in [-0.05, 0) is 38.1 Å². The Morgan fingerprint density at radius 3 is 2.59 bits per heavy atom. The van der Waals surface area contributed by atoms with E-state index in [2.05, 4.69) is 15.1 Å². The summed E-state index contributed by atoms with van der Waals surface area (Å²) in [5, 5.41) is 3.07. The molecule has 0 fully saturated rings. The molecule has 1 aromatic carbocycles. The molecule has 110 valence electrons. The van der Waals surface area contributed by atoms with Crippen LogP contribution in [0.2, 0.25) is 0 Å². The highest BCUT2D eigenvalue weighted by Crippen LogP contribution is 2.09. The Labute approximate surface area is 128 Å². The van der Waals surface area contributed by atoms with Crippen molar-refractivity contribution in [2.45, 2.75) is 13.8 Å². The number of aromatic amines is 1. The summed E-state index contributed by atoms with van der Waals surface area (Å²) in [6, 6.07) is 15.0. The number of H-pyrrole nitrogens is 1. The van der Waals surface area contributed by atoms with Crippen LogP contribution >= 0.6 is 0 Å². The highest BCUT2D eigenvalue weighted by Gasteiger charge is 2.10. The molecule has 1 N–H and O–H groups in total. The molecule has 2 heterocycles. The van der Waals surface area contributed by atoms with E-state index in [0.717, 1.165) is 17.1 Å². The van der Waals surface area contributed by atoms with Crippen LogP contribution in [0, 0.1) is 13.8 Å². The Kier molecular flexibility index (Phi) is 3.70. The first-order valence-corrected chi connectivity index (χ1v) is 7.00. The fourth-order valence-corrected chi connectivity index (χ4v) is 2.20. The van der Waals surface area contributed by atoms with E-state index >= 15 is 0 Å². The first-order chi connectivity index (χ1) is 10.6. The van der Waals surface area contributed by atoms with Crippen molar-refractivity contribution < 1.29 is 0 Å². The third-order valence-electron chi connectivity index (χ3n) is 3.33. The Bertz CT molecular complexity index is 875. The van der Waals surface area contributed by atoms with E-state index in [0.29, 0.717) is 11.4 Å². The number of aromatic nitrogens is 3. The SMILES string of the molecule is Cc1cccc(/N=C/c2c(C)[nH]n(-c3ccccc3)c2=O)n1. The normalized spacial score (nSPS) is 11.2. The van der Waals surface area contributed by atoms with Crippen LogP contribution in [0.3, 0.4) is 0 Å². The molecule has 3 rings (SSSR count). The van der Waals surface area contributed by atoms with Gasteiger partial charge in [0.2, 0.25) is 0 Å². The van der Waals surface area contributed by atoms with E-state index in [9.17, 15) is 4.79 Å². The summed E-state index contributed by atoms with van der Waals surface area (Å²) in [6.45, 7) is 3.76. The van der Waals surface area contributed by atoms with Gasteiger partial charge in [-0.15, -0.1) is 0 Å². The lowest BCUT2D eigenvalue weighted by molar-refractivity contribution is 0.835. The van der Waals surface area contributed by atoms with Crippen molar-refractivity contribution in [2.24, 2.45) is 4.99 Å². The van der Waals surface area contributed by atoms with E-state index in [4.69, 9.17) is 0 Å². The molecular weight excluding hydrogens is 276 g/mol. The maximum absolute atomic E-state index is 12.5. The van der Waals surface area contributed by atoms with Crippen molar-refractivity contribution in [3.63, 3.8) is 0 Å². The molecule has 0 aliphatic carbocycles. The average molecular weight is 292 g/mol. The lowest BCUT2D eigenvalue weighted by Crippen LogP contribution is -2.17. The molecule has 22 heavy (non-hydrogen) atoms. The molecule has 5 heteroatoms. The molecule has 0 unspecified atom stereocenters. The molecule has 0 saturated carbocycles. The minimum atomic E-state index is -0.125. The Balaban J connectivity index is 1.99. The number of nitrogens with one attached hydrogen (secondary N) is 1. The number of hydrogen-bond donors (Lipinski definition) is 1. The van der Waals surface area contributed by atoms with E-state index in [1.165, 1.54) is 4.68 Å². The van der Waals surface area contributed by atoms with Crippen LogP contribution < -0.4 is 5.56 Å². The summed E-state index contributed by atoms with van der Waals surface area (Å²) >= 11 is 0. The topological polar surface area (TPSA) is 63.0 Å². The van der Waals surface area contributed by atoms with Crippen LogP contribution in [0.15, 0.2) is 58.3 Å². The summed E-state index contributed by atoms with van der Waals surface area (Å²) in [7, 11) is 0. The zero-order chi connectivity index (χ0) is 15.5. The molecule has 0 saturated heterocycles. The first-order valence-electron chi connectivity index (χ1n) is 7.00. The fraction of sp³-hybridized carbons (Fsp3) is 0.118. The van der Waals surface area contributed by atoms with Gasteiger partial charge in [-0.1, -0.05) is 24.3 Å². The number of aryl methyl sites for hydroxylation is 2. The van der Waals surface area contributed by atoms with Crippen LogP contribution in [0.25, 0.3) is 5.69 Å². The molecule has 0 radical (unpaired) electrons. The molecule has 5 nitrogen and oxygen atoms in total. The third kappa shape index (κ3) is 2.74. The second kappa shape index (κ2) is 5.81. The zero-order valence-corrected chi connectivity index (χ0v) is 12.4. The highest BCUT2D eigenvalue weighted by molar-refractivity contribution is 5.82. The minimum absolute atomic E-state index is 0.125. The molecule has 0 amide bonds. The zero-order valence-electron chi connectivity index (χ0n) is 12.4. The Hall–Kier alpha value is -2.95. The van der Waals surface area contributed by atoms with Crippen molar-refractivity contribution in [3.05, 3.63) is 75.8 Å². The fourth-order valence-electron chi connectivity index (χ4n) is 2.20. The van der Waals surface area contributed by atoms with Gasteiger partial charge in [0.05, 0.1) is 11.3 Å². The third-order valence-corrected chi connectivity index (χ3v) is 3.33. The summed E-state index contributed by atoms with van der Waals surface area (Å²) in [5.41, 5.74) is 2.86. The molecule has 0 spiro atoms. The Morgan fingerprint density at radius 2 is 1.86 bits per heavy atom. The van der Waals surface area contributed by atoms with Crippen molar-refractivity contribution >= 4 is 12.0 Å². The second-order valence-electron chi connectivity index (χ2n) is 5.02. The molecule has 0 bridgehead atoms. The summed E-state index contributed by atoms with van der Waals surface area (Å²) in [5.74, 6) is 0.589. The van der Waals surface area contributed by atoms with Crippen LogP contribution in [0.1, 0.15) is 17.0 Å². The van der Waals surface area contributed by atoms with Crippen molar-refractivity contribution in [1.82, 2.24) is 14.8 Å². The van der Waals surface area contributed by atoms with Gasteiger partial charge in [-0.2, -0.15) is 0 Å². The number of pyridine rings is 1. The van der Waals surface area contributed by atoms with Gasteiger partial charge in [-0.25, -0.2) is 14.7 Å². The second-order valence-corrected chi connectivity index (χ2v) is 5.02. The highest BCUT2D eigenvalue weighted by atomic mass is 16.1. The van der Waals surface area contributed by atoms with Crippen LogP contribution in [0.4, 0.5) is 5.82 Å². The van der Waals surface area contributed by atoms with Gasteiger partial charge in [0.15, 0.2) is 5.82 Å². The lowest BCUT2D eigenvalue weighted by Gasteiger charge is -1.99. The predicted octanol–water partition coefficient (Wildman–Crippen LogP) is 2.93. The molecule has 2 aromatic heterocycles. The minimum Gasteiger partial charge on any atom is -0.295 e. The van der Waals surface area contributed by atoms with E-state index in [1.807, 2.05) is 56.3 Å². The first kappa shape index (κ1) is 14.0. The monoisotopic (exact) mass is 292 g/mol. The van der Waals surface area contributed by atoms with Gasteiger partial charge in [-0.3, -0.25) is 9.89 Å². The van der Waals surface area contributed by atoms with Gasteiger partial charge in [0, 0.05) is 17.6 Å². The number of hydrogen-bond acceptors (Lipinski definition) is 3. The van der Waals surface area contributed by atoms with E-state index < -0.39 is 0 Å². The van der Waals surface area contributed by atoms with Crippen LogP contribution in [-0.4, -0.2) is 21.0 Å². The molecule has 0 aliphatic heterocycles. The van der Waals surface area contributed by atoms with Crippen LogP contribution in [-0.2, 0) is 0 Å². The maximum Gasteiger partial charge on any atom is 0.280 e. The van der Waals surface area contributed by atoms with E-state index in [1.54, 1.807) is 12.3 Å². The van der Waals surface area contributed by atoms with E-state index in [-0.39, 0.29) is 5.56 Å². The van der Waals surface area contributed by atoms with Gasteiger partial charge < -0.3 is 0 Å².